The fourth-order valence-electron chi connectivity index (χ4n) is 4.58. The van der Waals surface area contributed by atoms with E-state index >= 15 is 0 Å². The molecule has 1 N–H and O–H groups in total. The molecular formula is C30H39N3O3. The summed E-state index contributed by atoms with van der Waals surface area (Å²) >= 11 is 0. The first-order chi connectivity index (χ1) is 17.7. The molecule has 3 aromatic rings. The lowest BCUT2D eigenvalue weighted by Crippen LogP contribution is -2.46. The third kappa shape index (κ3) is 7.72. The van der Waals surface area contributed by atoms with Crippen molar-refractivity contribution >= 4 is 0 Å². The first-order valence-electron chi connectivity index (χ1n) is 12.9. The van der Waals surface area contributed by atoms with Crippen LogP contribution in [0.3, 0.4) is 0 Å². The molecule has 0 atom stereocenters. The second kappa shape index (κ2) is 13.9. The predicted molar refractivity (Wildman–Crippen MR) is 145 cm³/mol. The summed E-state index contributed by atoms with van der Waals surface area (Å²) in [6.07, 6.45) is 1.13. The van der Waals surface area contributed by atoms with E-state index in [1.165, 1.54) is 5.56 Å². The lowest BCUT2D eigenvalue weighted by Gasteiger charge is -2.34. The normalized spacial score (nSPS) is 14.5. The summed E-state index contributed by atoms with van der Waals surface area (Å²) in [4.78, 5) is 5.13. The van der Waals surface area contributed by atoms with Crippen LogP contribution in [0.15, 0.2) is 72.8 Å². The lowest BCUT2D eigenvalue weighted by atomic mass is 10.1. The maximum absolute atomic E-state index is 6.06. The second-order valence-electron chi connectivity index (χ2n) is 9.24. The minimum atomic E-state index is 0.464. The van der Waals surface area contributed by atoms with Crippen molar-refractivity contribution < 1.29 is 14.2 Å². The molecule has 0 radical (unpaired) electrons. The number of hydrogen-bond acceptors (Lipinski definition) is 6. The summed E-state index contributed by atoms with van der Waals surface area (Å²) in [5.41, 5.74) is 3.62. The molecule has 1 saturated heterocycles. The van der Waals surface area contributed by atoms with Gasteiger partial charge in [0.25, 0.3) is 0 Å². The average Bonchev–Trinajstić information content (AvgIpc) is 2.93. The molecule has 36 heavy (non-hydrogen) atoms. The quantitative estimate of drug-likeness (QED) is 0.355. The Morgan fingerprint density at radius 2 is 1.31 bits per heavy atom. The number of hydrogen-bond donors (Lipinski definition) is 1. The van der Waals surface area contributed by atoms with E-state index in [-0.39, 0.29) is 0 Å². The summed E-state index contributed by atoms with van der Waals surface area (Å²) in [7, 11) is 3.34. The molecule has 0 aromatic heterocycles. The molecule has 0 unspecified atom stereocenters. The lowest BCUT2D eigenvalue weighted by molar-refractivity contribution is 0.126. The van der Waals surface area contributed by atoms with Crippen LogP contribution in [0, 0.1) is 0 Å². The summed E-state index contributed by atoms with van der Waals surface area (Å²) in [5.74, 6) is 2.02. The summed E-state index contributed by atoms with van der Waals surface area (Å²) in [6, 6.07) is 24.9. The van der Waals surface area contributed by atoms with E-state index in [0.717, 1.165) is 69.9 Å². The molecule has 0 aliphatic carbocycles. The van der Waals surface area contributed by atoms with E-state index in [1.54, 1.807) is 14.2 Å². The highest BCUT2D eigenvalue weighted by Gasteiger charge is 2.17. The van der Waals surface area contributed by atoms with Crippen LogP contribution in [0.4, 0.5) is 0 Å². The first-order valence-corrected chi connectivity index (χ1v) is 12.9. The van der Waals surface area contributed by atoms with Gasteiger partial charge < -0.3 is 24.4 Å². The van der Waals surface area contributed by atoms with Gasteiger partial charge in [0.15, 0.2) is 11.5 Å². The van der Waals surface area contributed by atoms with E-state index in [1.807, 2.05) is 42.5 Å². The van der Waals surface area contributed by atoms with Crippen LogP contribution in [0.25, 0.3) is 0 Å². The highest BCUT2D eigenvalue weighted by atomic mass is 16.5. The van der Waals surface area contributed by atoms with Crippen LogP contribution >= 0.6 is 0 Å². The van der Waals surface area contributed by atoms with Crippen LogP contribution in [0.5, 0.6) is 17.2 Å². The van der Waals surface area contributed by atoms with Crippen LogP contribution in [0.2, 0.25) is 0 Å². The molecule has 1 fully saturated rings. The van der Waals surface area contributed by atoms with Gasteiger partial charge >= 0.3 is 0 Å². The summed E-state index contributed by atoms with van der Waals surface area (Å²) in [6.45, 7) is 8.95. The number of rotatable bonds is 13. The Bertz CT molecular complexity index is 1010. The van der Waals surface area contributed by atoms with Crippen molar-refractivity contribution in [1.82, 2.24) is 15.1 Å². The van der Waals surface area contributed by atoms with E-state index in [9.17, 15) is 0 Å². The topological polar surface area (TPSA) is 46.2 Å². The van der Waals surface area contributed by atoms with Gasteiger partial charge in [0.1, 0.15) is 6.61 Å². The molecule has 1 heterocycles. The van der Waals surface area contributed by atoms with Crippen molar-refractivity contribution in [2.45, 2.75) is 26.1 Å². The zero-order valence-corrected chi connectivity index (χ0v) is 21.6. The van der Waals surface area contributed by atoms with Crippen molar-refractivity contribution in [1.29, 1.82) is 0 Å². The van der Waals surface area contributed by atoms with Crippen molar-refractivity contribution in [3.63, 3.8) is 0 Å². The summed E-state index contributed by atoms with van der Waals surface area (Å²) < 4.78 is 17.3. The molecule has 0 bridgehead atoms. The van der Waals surface area contributed by atoms with Crippen LogP contribution in [-0.4, -0.2) is 63.3 Å². The highest BCUT2D eigenvalue weighted by Crippen LogP contribution is 2.39. The number of piperazine rings is 1. The van der Waals surface area contributed by atoms with Gasteiger partial charge in [-0.15, -0.1) is 0 Å². The van der Waals surface area contributed by atoms with Crippen LogP contribution in [0.1, 0.15) is 23.1 Å². The van der Waals surface area contributed by atoms with Gasteiger partial charge in [-0.3, -0.25) is 4.90 Å². The van der Waals surface area contributed by atoms with Gasteiger partial charge in [-0.05, 0) is 48.3 Å². The molecule has 0 amide bonds. The van der Waals surface area contributed by atoms with Crippen molar-refractivity contribution in [3.05, 3.63) is 89.5 Å². The molecule has 0 saturated carbocycles. The minimum absolute atomic E-state index is 0.464. The van der Waals surface area contributed by atoms with Gasteiger partial charge in [-0.2, -0.15) is 0 Å². The number of nitrogens with zero attached hydrogens (tertiary/aromatic N) is 2. The molecular weight excluding hydrogens is 450 g/mol. The zero-order valence-electron chi connectivity index (χ0n) is 21.6. The van der Waals surface area contributed by atoms with Crippen LogP contribution < -0.4 is 19.5 Å². The standard InChI is InChI=1S/C30H39N3O3/c1-34-28-20-27(21-29(35-2)30(28)36-24-26-12-7-4-8-13-26)22-31-14-9-15-32-16-18-33(19-17-32)23-25-10-5-3-6-11-25/h3-8,10-13,20-21,31H,9,14-19,22-24H2,1-2H3. The SMILES string of the molecule is COc1cc(CNCCCN2CCN(Cc3ccccc3)CC2)cc(OC)c1OCc1ccccc1. The molecule has 1 aliphatic heterocycles. The Labute approximate surface area is 215 Å². The van der Waals surface area contributed by atoms with Gasteiger partial charge in [-0.25, -0.2) is 0 Å². The average molecular weight is 490 g/mol. The second-order valence-corrected chi connectivity index (χ2v) is 9.24. The molecule has 1 aliphatic rings. The van der Waals surface area contributed by atoms with Gasteiger partial charge in [-0.1, -0.05) is 60.7 Å². The van der Waals surface area contributed by atoms with Gasteiger partial charge in [0.05, 0.1) is 14.2 Å². The maximum atomic E-state index is 6.06. The minimum Gasteiger partial charge on any atom is -0.493 e. The highest BCUT2D eigenvalue weighted by molar-refractivity contribution is 5.54. The van der Waals surface area contributed by atoms with Gasteiger partial charge in [0, 0.05) is 39.3 Å². The molecule has 192 valence electrons. The summed E-state index contributed by atoms with van der Waals surface area (Å²) in [5, 5.41) is 3.57. The third-order valence-electron chi connectivity index (χ3n) is 6.62. The first kappa shape index (κ1) is 26.0. The fourth-order valence-corrected chi connectivity index (χ4v) is 4.58. The third-order valence-corrected chi connectivity index (χ3v) is 6.62. The smallest absolute Gasteiger partial charge is 0.203 e. The number of benzene rings is 3. The molecule has 3 aromatic carbocycles. The van der Waals surface area contributed by atoms with E-state index < -0.39 is 0 Å². The van der Waals surface area contributed by atoms with Crippen LogP contribution in [-0.2, 0) is 19.7 Å². The Morgan fingerprint density at radius 1 is 0.722 bits per heavy atom. The van der Waals surface area contributed by atoms with Crippen molar-refractivity contribution in [2.75, 3.05) is 53.5 Å². The predicted octanol–water partition coefficient (Wildman–Crippen LogP) is 4.58. The van der Waals surface area contributed by atoms with E-state index in [2.05, 4.69) is 45.4 Å². The molecule has 6 heteroatoms. The number of ether oxygens (including phenoxy) is 3. The maximum Gasteiger partial charge on any atom is 0.203 e. The fraction of sp³-hybridized carbons (Fsp3) is 0.400. The van der Waals surface area contributed by atoms with E-state index in [4.69, 9.17) is 14.2 Å². The Balaban J connectivity index is 1.18. The molecule has 4 rings (SSSR count). The Hall–Kier alpha value is -3.06. The number of nitrogens with one attached hydrogen (secondary N) is 1. The Kier molecular flexibility index (Phi) is 10.0. The largest absolute Gasteiger partial charge is 0.493 e. The van der Waals surface area contributed by atoms with Gasteiger partial charge in [0.2, 0.25) is 5.75 Å². The van der Waals surface area contributed by atoms with Crippen molar-refractivity contribution in [2.24, 2.45) is 0 Å². The Morgan fingerprint density at radius 3 is 1.92 bits per heavy atom. The van der Waals surface area contributed by atoms with E-state index in [0.29, 0.717) is 23.9 Å². The number of methoxy groups -OCH3 is 2. The monoisotopic (exact) mass is 489 g/mol. The molecule has 0 spiro atoms. The van der Waals surface area contributed by atoms with Crippen molar-refractivity contribution in [3.8, 4) is 17.2 Å². The zero-order chi connectivity index (χ0) is 25.0. The molecule has 6 nitrogen and oxygen atoms in total.